The van der Waals surface area contributed by atoms with Crippen LogP contribution in [0.4, 0.5) is 0 Å². The fourth-order valence-corrected chi connectivity index (χ4v) is 2.87. The monoisotopic (exact) mass is 199 g/mol. The molecule has 0 spiro atoms. The second-order valence-electron chi connectivity index (χ2n) is 3.21. The average Bonchev–Trinajstić information content (AvgIpc) is 2.54. The predicted octanol–water partition coefficient (Wildman–Crippen LogP) is 1.86. The van der Waals surface area contributed by atoms with E-state index in [0.29, 0.717) is 0 Å². The van der Waals surface area contributed by atoms with Crippen molar-refractivity contribution in [2.24, 2.45) is 0 Å². The number of nitrogens with zero attached hydrogens (tertiary/aromatic N) is 3. The van der Waals surface area contributed by atoms with Gasteiger partial charge in [-0.2, -0.15) is 5.26 Å². The molecule has 0 aromatic carbocycles. The van der Waals surface area contributed by atoms with Crippen LogP contribution >= 0.6 is 11.1 Å². The number of hydrogen-bond acceptors (Lipinski definition) is 3. The van der Waals surface area contributed by atoms with Gasteiger partial charge in [-0.25, -0.2) is 0 Å². The van der Waals surface area contributed by atoms with Crippen LogP contribution < -0.4 is 0 Å². The highest BCUT2D eigenvalue weighted by atomic mass is 32.2. The number of unbranched alkanes of at least 4 members (excludes halogenated alkanes) is 1. The zero-order valence-corrected chi connectivity index (χ0v) is 9.17. The summed E-state index contributed by atoms with van der Waals surface area (Å²) in [6.07, 6.45) is 6.39. The lowest BCUT2D eigenvalue weighted by Gasteiger charge is -2.26. The van der Waals surface area contributed by atoms with E-state index in [9.17, 15) is 0 Å². The molecular formula is C9H17N3S. The summed E-state index contributed by atoms with van der Waals surface area (Å²) in [5.41, 5.74) is 0. The third kappa shape index (κ3) is 2.85. The van der Waals surface area contributed by atoms with Crippen LogP contribution in [0.2, 0.25) is 0 Å². The summed E-state index contributed by atoms with van der Waals surface area (Å²) in [4.78, 5) is 2.10. The number of hydrogen-bond donors (Lipinski definition) is 1. The summed E-state index contributed by atoms with van der Waals surface area (Å²) in [6, 6.07) is 0. The Labute approximate surface area is 83.1 Å². The molecule has 1 rings (SSSR count). The van der Waals surface area contributed by atoms with Crippen molar-refractivity contribution in [3.8, 4) is 5.40 Å². The zero-order valence-electron chi connectivity index (χ0n) is 8.27. The van der Waals surface area contributed by atoms with Crippen LogP contribution in [0, 0.1) is 10.7 Å². The molecule has 1 unspecified atom stereocenters. The summed E-state index contributed by atoms with van der Waals surface area (Å²) in [7, 11) is 2.03. The first-order chi connectivity index (χ1) is 6.27. The van der Waals surface area contributed by atoms with Crippen molar-refractivity contribution in [2.75, 3.05) is 19.5 Å². The van der Waals surface area contributed by atoms with Gasteiger partial charge in [0.15, 0.2) is 0 Å². The summed E-state index contributed by atoms with van der Waals surface area (Å²) >= 11 is -0.582. The summed E-state index contributed by atoms with van der Waals surface area (Å²) in [6.45, 7) is 3.04. The Kier molecular flexibility index (Phi) is 3.97. The van der Waals surface area contributed by atoms with Gasteiger partial charge in [0.05, 0.1) is 6.67 Å². The fraction of sp³-hybridized carbons (Fsp3) is 0.667. The molecule has 0 fully saturated rings. The van der Waals surface area contributed by atoms with Crippen LogP contribution in [0.5, 0.6) is 0 Å². The van der Waals surface area contributed by atoms with Crippen molar-refractivity contribution in [3.05, 3.63) is 12.4 Å². The molecule has 1 aliphatic heterocycles. The van der Waals surface area contributed by atoms with Gasteiger partial charge in [-0.1, -0.05) is 24.4 Å². The van der Waals surface area contributed by atoms with E-state index in [-0.39, 0.29) is 0 Å². The lowest BCUT2D eigenvalue weighted by Crippen LogP contribution is -2.20. The molecule has 74 valence electrons. The number of thiol groups is 1. The first-order valence-corrected chi connectivity index (χ1v) is 6.08. The van der Waals surface area contributed by atoms with E-state index in [1.54, 1.807) is 0 Å². The van der Waals surface area contributed by atoms with Gasteiger partial charge < -0.3 is 9.21 Å². The Bertz CT molecular complexity index is 221. The average molecular weight is 199 g/mol. The Balaban J connectivity index is 2.40. The summed E-state index contributed by atoms with van der Waals surface area (Å²) in [5, 5.41) is 11.4. The van der Waals surface area contributed by atoms with Crippen molar-refractivity contribution in [1.29, 1.82) is 5.26 Å². The largest absolute Gasteiger partial charge is 0.361 e. The molecule has 0 amide bonds. The Morgan fingerprint density at radius 3 is 2.77 bits per heavy atom. The van der Waals surface area contributed by atoms with E-state index in [0.717, 1.165) is 18.8 Å². The molecule has 0 bridgehead atoms. The SMILES string of the molecule is CCCC[SH](C#N)N1C=CN(C)C1. The van der Waals surface area contributed by atoms with Gasteiger partial charge in [0.2, 0.25) is 0 Å². The molecule has 0 saturated heterocycles. The first-order valence-electron chi connectivity index (χ1n) is 4.60. The van der Waals surface area contributed by atoms with Crippen LogP contribution in [-0.4, -0.2) is 28.7 Å². The van der Waals surface area contributed by atoms with Gasteiger partial charge in [0, 0.05) is 25.2 Å². The molecule has 3 nitrogen and oxygen atoms in total. The molecule has 0 aliphatic carbocycles. The Morgan fingerprint density at radius 1 is 1.54 bits per heavy atom. The molecule has 1 heterocycles. The molecule has 0 saturated carbocycles. The van der Waals surface area contributed by atoms with E-state index >= 15 is 0 Å². The van der Waals surface area contributed by atoms with Gasteiger partial charge in [0.25, 0.3) is 0 Å². The molecule has 13 heavy (non-hydrogen) atoms. The van der Waals surface area contributed by atoms with Crippen molar-refractivity contribution in [1.82, 2.24) is 9.21 Å². The molecule has 4 heteroatoms. The minimum atomic E-state index is -0.582. The van der Waals surface area contributed by atoms with Crippen LogP contribution in [0.3, 0.4) is 0 Å². The molecule has 1 atom stereocenters. The maximum atomic E-state index is 8.98. The highest BCUT2D eigenvalue weighted by Crippen LogP contribution is 2.32. The van der Waals surface area contributed by atoms with E-state index in [1.807, 2.05) is 19.4 Å². The minimum Gasteiger partial charge on any atom is -0.361 e. The van der Waals surface area contributed by atoms with Gasteiger partial charge in [-0.15, -0.1) is 0 Å². The van der Waals surface area contributed by atoms with Crippen LogP contribution in [0.1, 0.15) is 19.8 Å². The quantitative estimate of drug-likeness (QED) is 0.554. The van der Waals surface area contributed by atoms with E-state index in [1.165, 1.54) is 6.42 Å². The van der Waals surface area contributed by atoms with E-state index in [4.69, 9.17) is 5.26 Å². The third-order valence-electron chi connectivity index (χ3n) is 2.01. The maximum absolute atomic E-state index is 8.98. The fourth-order valence-electron chi connectivity index (χ4n) is 1.21. The standard InChI is InChI=1S/C9H17N3S/c1-3-4-7-13(8-10)12-6-5-11(2)9-12/h5-6,13H,3-4,7,9H2,1-2H3. The zero-order chi connectivity index (χ0) is 9.68. The smallest absolute Gasteiger partial charge is 0.129 e. The molecule has 0 N–H and O–H groups in total. The lowest BCUT2D eigenvalue weighted by molar-refractivity contribution is 0.408. The topological polar surface area (TPSA) is 30.3 Å². The van der Waals surface area contributed by atoms with Crippen LogP contribution in [0.15, 0.2) is 12.4 Å². The lowest BCUT2D eigenvalue weighted by atomic mass is 10.4. The highest BCUT2D eigenvalue weighted by molar-refractivity contribution is 8.19. The maximum Gasteiger partial charge on any atom is 0.129 e. The number of rotatable bonds is 4. The van der Waals surface area contributed by atoms with Gasteiger partial charge in [-0.3, -0.25) is 0 Å². The minimum absolute atomic E-state index is 0.582. The van der Waals surface area contributed by atoms with Crippen molar-refractivity contribution in [2.45, 2.75) is 19.8 Å². The molecular weight excluding hydrogens is 182 g/mol. The molecule has 0 aromatic rings. The Morgan fingerprint density at radius 2 is 2.31 bits per heavy atom. The molecule has 0 radical (unpaired) electrons. The number of thiocyanates is 1. The van der Waals surface area contributed by atoms with Crippen LogP contribution in [-0.2, 0) is 0 Å². The van der Waals surface area contributed by atoms with Gasteiger partial charge in [-0.05, 0) is 6.42 Å². The normalized spacial score (nSPS) is 19.0. The van der Waals surface area contributed by atoms with Crippen LogP contribution in [0.25, 0.3) is 0 Å². The van der Waals surface area contributed by atoms with Crippen molar-refractivity contribution in [3.63, 3.8) is 0 Å². The van der Waals surface area contributed by atoms with Crippen molar-refractivity contribution < 1.29 is 0 Å². The van der Waals surface area contributed by atoms with Gasteiger partial charge >= 0.3 is 0 Å². The van der Waals surface area contributed by atoms with Crippen molar-refractivity contribution >= 4 is 11.1 Å². The molecule has 0 aromatic heterocycles. The first kappa shape index (κ1) is 10.3. The summed E-state index contributed by atoms with van der Waals surface area (Å²) < 4.78 is 2.16. The highest BCUT2D eigenvalue weighted by Gasteiger charge is 2.14. The van der Waals surface area contributed by atoms with Gasteiger partial charge in [0.1, 0.15) is 5.40 Å². The second-order valence-corrected chi connectivity index (χ2v) is 5.17. The third-order valence-corrected chi connectivity index (χ3v) is 3.86. The summed E-state index contributed by atoms with van der Waals surface area (Å²) in [5.74, 6) is 1.04. The number of nitriles is 1. The van der Waals surface area contributed by atoms with E-state index < -0.39 is 11.1 Å². The Hall–Kier alpha value is -0.820. The second kappa shape index (κ2) is 5.03. The molecule has 1 aliphatic rings. The predicted molar refractivity (Wildman–Crippen MR) is 58.0 cm³/mol. The van der Waals surface area contributed by atoms with E-state index in [2.05, 4.69) is 21.5 Å².